The summed E-state index contributed by atoms with van der Waals surface area (Å²) in [6.45, 7) is 6.21. The van der Waals surface area contributed by atoms with Crippen molar-refractivity contribution in [2.24, 2.45) is 4.99 Å². The summed E-state index contributed by atoms with van der Waals surface area (Å²) in [5.41, 5.74) is 5.66. The maximum atomic E-state index is 6.22. The van der Waals surface area contributed by atoms with Crippen molar-refractivity contribution in [1.29, 1.82) is 0 Å². The fraction of sp³-hybridized carbons (Fsp3) is 0.273. The van der Waals surface area contributed by atoms with E-state index in [0.717, 1.165) is 34.5 Å². The third kappa shape index (κ3) is 6.21. The molecule has 7 heteroatoms. The van der Waals surface area contributed by atoms with E-state index in [9.17, 15) is 0 Å². The second-order valence-electron chi connectivity index (χ2n) is 6.66. The van der Waals surface area contributed by atoms with Crippen LogP contribution < -0.4 is 10.6 Å². The van der Waals surface area contributed by atoms with Gasteiger partial charge in [0.05, 0.1) is 12.2 Å². The number of rotatable bonds is 6. The number of nitrogens with one attached hydrogen (secondary N) is 2. The summed E-state index contributed by atoms with van der Waals surface area (Å²) >= 11 is 6.22. The van der Waals surface area contributed by atoms with Crippen molar-refractivity contribution in [1.82, 2.24) is 20.4 Å². The van der Waals surface area contributed by atoms with Gasteiger partial charge in [-0.1, -0.05) is 60.1 Å². The Morgan fingerprint density at radius 2 is 1.66 bits per heavy atom. The van der Waals surface area contributed by atoms with Crippen molar-refractivity contribution >= 4 is 41.5 Å². The van der Waals surface area contributed by atoms with Gasteiger partial charge in [0.1, 0.15) is 0 Å². The van der Waals surface area contributed by atoms with E-state index in [-0.39, 0.29) is 24.0 Å². The Kier molecular flexibility index (Phi) is 8.98. The third-order valence-corrected chi connectivity index (χ3v) is 5.14. The summed E-state index contributed by atoms with van der Waals surface area (Å²) in [5.74, 6) is 0.731. The number of aliphatic imine (C=N–C) groups is 1. The molecular weight excluding hydrogens is 497 g/mol. The minimum atomic E-state index is 0. The topological polar surface area (TPSA) is 54.2 Å². The number of aryl methyl sites for hydroxylation is 1. The van der Waals surface area contributed by atoms with Crippen LogP contribution in [0.15, 0.2) is 59.6 Å². The number of halogens is 2. The molecule has 5 nitrogen and oxygen atoms in total. The molecule has 154 valence electrons. The predicted octanol–water partition coefficient (Wildman–Crippen LogP) is 4.68. The summed E-state index contributed by atoms with van der Waals surface area (Å²) in [6, 6.07) is 18.2. The first kappa shape index (κ1) is 23.2. The van der Waals surface area contributed by atoms with Crippen LogP contribution in [-0.2, 0) is 19.6 Å². The highest BCUT2D eigenvalue weighted by atomic mass is 127. The third-order valence-electron chi connectivity index (χ3n) is 4.77. The molecule has 0 fully saturated rings. The lowest BCUT2D eigenvalue weighted by Crippen LogP contribution is -2.36. The minimum Gasteiger partial charge on any atom is -0.352 e. The number of hydrogen-bond acceptors (Lipinski definition) is 2. The van der Waals surface area contributed by atoms with Gasteiger partial charge in [0.15, 0.2) is 5.96 Å². The van der Waals surface area contributed by atoms with Crippen molar-refractivity contribution < 1.29 is 0 Å². The molecule has 1 aromatic heterocycles. The van der Waals surface area contributed by atoms with Crippen LogP contribution in [0.4, 0.5) is 0 Å². The van der Waals surface area contributed by atoms with Gasteiger partial charge in [-0.05, 0) is 31.0 Å². The Morgan fingerprint density at radius 3 is 2.34 bits per heavy atom. The molecule has 29 heavy (non-hydrogen) atoms. The molecule has 0 atom stereocenters. The zero-order valence-electron chi connectivity index (χ0n) is 16.9. The lowest BCUT2D eigenvalue weighted by Gasteiger charge is -2.13. The SMILES string of the molecule is CN=C(NCc1ccccc1Cl)NCc1c(C)nn(Cc2ccccc2)c1C.I. The van der Waals surface area contributed by atoms with E-state index < -0.39 is 0 Å². The number of nitrogens with zero attached hydrogens (tertiary/aromatic N) is 3. The van der Waals surface area contributed by atoms with Crippen molar-refractivity contribution in [3.05, 3.63) is 87.7 Å². The monoisotopic (exact) mass is 523 g/mol. The molecule has 0 bridgehead atoms. The Hall–Kier alpha value is -2.06. The summed E-state index contributed by atoms with van der Waals surface area (Å²) in [4.78, 5) is 4.31. The molecule has 1 heterocycles. The molecule has 2 aromatic carbocycles. The van der Waals surface area contributed by atoms with Gasteiger partial charge in [0.2, 0.25) is 0 Å². The maximum absolute atomic E-state index is 6.22. The molecule has 0 spiro atoms. The van der Waals surface area contributed by atoms with Crippen LogP contribution in [0.3, 0.4) is 0 Å². The summed E-state index contributed by atoms with van der Waals surface area (Å²) in [6.07, 6.45) is 0. The largest absolute Gasteiger partial charge is 0.352 e. The average molecular weight is 524 g/mol. The Labute approximate surface area is 194 Å². The lowest BCUT2D eigenvalue weighted by atomic mass is 10.2. The predicted molar refractivity (Wildman–Crippen MR) is 131 cm³/mol. The van der Waals surface area contributed by atoms with E-state index in [1.165, 1.54) is 11.1 Å². The fourth-order valence-electron chi connectivity index (χ4n) is 3.11. The number of aromatic nitrogens is 2. The van der Waals surface area contributed by atoms with Gasteiger partial charge >= 0.3 is 0 Å². The van der Waals surface area contributed by atoms with Gasteiger partial charge in [-0.2, -0.15) is 5.10 Å². The van der Waals surface area contributed by atoms with Crippen LogP contribution in [0, 0.1) is 13.8 Å². The second kappa shape index (κ2) is 11.2. The number of guanidine groups is 1. The standard InChI is InChI=1S/C22H26ClN5.HI/c1-16-20(17(2)28(27-16)15-18-9-5-4-6-10-18)14-26-22(24-3)25-13-19-11-7-8-12-21(19)23;/h4-12H,13-15H2,1-3H3,(H2,24,25,26);1H. The number of benzene rings is 2. The van der Waals surface area contributed by atoms with Crippen LogP contribution >= 0.6 is 35.6 Å². The molecule has 3 rings (SSSR count). The average Bonchev–Trinajstić information content (AvgIpc) is 2.97. The molecule has 2 N–H and O–H groups in total. The fourth-order valence-corrected chi connectivity index (χ4v) is 3.32. The van der Waals surface area contributed by atoms with Crippen molar-refractivity contribution in [2.45, 2.75) is 33.5 Å². The smallest absolute Gasteiger partial charge is 0.191 e. The van der Waals surface area contributed by atoms with Crippen molar-refractivity contribution in [2.75, 3.05) is 7.05 Å². The molecule has 0 unspecified atom stereocenters. The normalized spacial score (nSPS) is 11.1. The molecule has 0 saturated carbocycles. The van der Waals surface area contributed by atoms with Gasteiger partial charge in [-0.25, -0.2) is 0 Å². The zero-order valence-corrected chi connectivity index (χ0v) is 20.0. The van der Waals surface area contributed by atoms with E-state index in [2.05, 4.69) is 51.5 Å². The highest BCUT2D eigenvalue weighted by Crippen LogP contribution is 2.15. The van der Waals surface area contributed by atoms with Gasteiger partial charge in [0.25, 0.3) is 0 Å². The van der Waals surface area contributed by atoms with Crippen LogP contribution in [0.2, 0.25) is 5.02 Å². The second-order valence-corrected chi connectivity index (χ2v) is 7.07. The van der Waals surface area contributed by atoms with Crippen LogP contribution in [0.5, 0.6) is 0 Å². The first-order chi connectivity index (χ1) is 13.6. The van der Waals surface area contributed by atoms with Crippen molar-refractivity contribution in [3.8, 4) is 0 Å². The van der Waals surface area contributed by atoms with Crippen molar-refractivity contribution in [3.63, 3.8) is 0 Å². The van der Waals surface area contributed by atoms with E-state index in [4.69, 9.17) is 16.7 Å². The first-order valence-corrected chi connectivity index (χ1v) is 9.71. The van der Waals surface area contributed by atoms with E-state index >= 15 is 0 Å². The minimum absolute atomic E-state index is 0. The Bertz CT molecular complexity index is 953. The zero-order chi connectivity index (χ0) is 19.9. The lowest BCUT2D eigenvalue weighted by molar-refractivity contribution is 0.657. The quantitative estimate of drug-likeness (QED) is 0.280. The molecule has 0 radical (unpaired) electrons. The molecule has 3 aromatic rings. The van der Waals surface area contributed by atoms with Gasteiger partial charge in [0, 0.05) is 36.4 Å². The molecule has 0 aliphatic carbocycles. The van der Waals surface area contributed by atoms with E-state index in [1.54, 1.807) is 7.05 Å². The molecular formula is C22H27ClIN5. The van der Waals surface area contributed by atoms with Gasteiger partial charge in [-0.3, -0.25) is 9.67 Å². The first-order valence-electron chi connectivity index (χ1n) is 9.33. The highest BCUT2D eigenvalue weighted by molar-refractivity contribution is 14.0. The maximum Gasteiger partial charge on any atom is 0.191 e. The number of hydrogen-bond donors (Lipinski definition) is 2. The van der Waals surface area contributed by atoms with Crippen LogP contribution in [0.25, 0.3) is 0 Å². The van der Waals surface area contributed by atoms with Gasteiger partial charge in [-0.15, -0.1) is 24.0 Å². The molecule has 0 aliphatic heterocycles. The van der Waals surface area contributed by atoms with Crippen LogP contribution in [0.1, 0.15) is 28.1 Å². The van der Waals surface area contributed by atoms with E-state index in [0.29, 0.717) is 13.1 Å². The summed E-state index contributed by atoms with van der Waals surface area (Å²) in [7, 11) is 1.76. The molecule has 0 aliphatic rings. The highest BCUT2D eigenvalue weighted by Gasteiger charge is 2.12. The van der Waals surface area contributed by atoms with Crippen LogP contribution in [-0.4, -0.2) is 22.8 Å². The molecule has 0 amide bonds. The van der Waals surface area contributed by atoms with Gasteiger partial charge < -0.3 is 10.6 Å². The Morgan fingerprint density at radius 1 is 1.00 bits per heavy atom. The summed E-state index contributed by atoms with van der Waals surface area (Å²) < 4.78 is 2.06. The summed E-state index contributed by atoms with van der Waals surface area (Å²) in [5, 5.41) is 12.1. The molecule has 0 saturated heterocycles. The van der Waals surface area contributed by atoms with E-state index in [1.807, 2.05) is 37.3 Å². The Balaban J connectivity index is 0.00000300.